The summed E-state index contributed by atoms with van der Waals surface area (Å²) >= 11 is 0. The van der Waals surface area contributed by atoms with Crippen LogP contribution in [0.2, 0.25) is 0 Å². The lowest BCUT2D eigenvalue weighted by Gasteiger charge is -2.35. The molecule has 2 aliphatic rings. The van der Waals surface area contributed by atoms with Gasteiger partial charge in [-0.25, -0.2) is 0 Å². The molecule has 0 fully saturated rings. The molecule has 0 atom stereocenters. The molecule has 0 saturated heterocycles. The van der Waals surface area contributed by atoms with Gasteiger partial charge in [0.1, 0.15) is 22.3 Å². The Morgan fingerprint density at radius 2 is 0.490 bits per heavy atom. The van der Waals surface area contributed by atoms with Crippen molar-refractivity contribution in [1.29, 1.82) is 0 Å². The van der Waals surface area contributed by atoms with Crippen LogP contribution in [0.3, 0.4) is 0 Å². The Morgan fingerprint density at radius 1 is 0.200 bits per heavy atom. The molecule has 0 spiro atoms. The molecule has 0 radical (unpaired) electrons. The standard InChI is InChI=1S/C96H62N2O2/c1-7-29-63(30-8-1)81-61-83-84(91-79-55-53-73(59-89(79)99-93(81)91)97(69-39-15-5-16-40-69)71-43-27-37-67(57-71)95(65-33-11-3-12-34-65)85-49-23-19-45-75(85)76-46-20-24-50-86(76)95)62-82(64-31-9-2-10-32-64)94-92(83)80-56-54-74(60-90(80)100-94)98(70-41-17-6-18-42-70)72-44-28-38-68(58-72)96(66-35-13-4-14-36-66)87-51-25-21-47-77(87)78-48-22-26-52-88(78)96/h1-62H. The summed E-state index contributed by atoms with van der Waals surface area (Å²) in [5.74, 6) is 0. The second-order valence-corrected chi connectivity index (χ2v) is 26.5. The lowest BCUT2D eigenvalue weighted by Crippen LogP contribution is -2.28. The third kappa shape index (κ3) is 8.54. The zero-order valence-corrected chi connectivity index (χ0v) is 54.5. The molecular weight excluding hydrogens is 1210 g/mol. The Balaban J connectivity index is 0.782. The van der Waals surface area contributed by atoms with Crippen molar-refractivity contribution < 1.29 is 8.83 Å². The van der Waals surface area contributed by atoms with Gasteiger partial charge in [0.2, 0.25) is 0 Å². The average Bonchev–Trinajstić information content (AvgIpc) is 1.59. The first kappa shape index (κ1) is 57.2. The molecule has 4 heteroatoms. The Labute approximate surface area is 579 Å². The highest BCUT2D eigenvalue weighted by Gasteiger charge is 2.48. The van der Waals surface area contributed by atoms with Crippen molar-refractivity contribution in [3.05, 3.63) is 421 Å². The van der Waals surface area contributed by atoms with Gasteiger partial charge in [-0.3, -0.25) is 0 Å². The van der Waals surface area contributed by atoms with Gasteiger partial charge in [-0.05, 0) is 174 Å². The molecule has 2 aliphatic carbocycles. The van der Waals surface area contributed by atoms with Crippen LogP contribution in [0.25, 0.3) is 99.2 Å². The van der Waals surface area contributed by atoms with Gasteiger partial charge in [0.05, 0.1) is 10.8 Å². The zero-order valence-electron chi connectivity index (χ0n) is 54.5. The summed E-state index contributed by atoms with van der Waals surface area (Å²) in [5, 5.41) is 6.32. The van der Waals surface area contributed by atoms with Crippen LogP contribution in [0.15, 0.2) is 385 Å². The van der Waals surface area contributed by atoms with Crippen LogP contribution >= 0.6 is 0 Å². The van der Waals surface area contributed by atoms with Crippen molar-refractivity contribution in [2.75, 3.05) is 9.80 Å². The minimum Gasteiger partial charge on any atom is -0.455 e. The number of fused-ring (bicyclic) bond motifs is 15. The minimum absolute atomic E-state index is 0.573. The lowest BCUT2D eigenvalue weighted by molar-refractivity contribution is 0.669. The zero-order chi connectivity index (χ0) is 65.9. The van der Waals surface area contributed by atoms with Gasteiger partial charge in [-0.15, -0.1) is 0 Å². The van der Waals surface area contributed by atoms with E-state index in [2.05, 4.69) is 386 Å². The first-order chi connectivity index (χ1) is 49.6. The van der Waals surface area contributed by atoms with Gasteiger partial charge in [0.25, 0.3) is 0 Å². The van der Waals surface area contributed by atoms with Gasteiger partial charge >= 0.3 is 0 Å². The van der Waals surface area contributed by atoms with E-state index < -0.39 is 10.8 Å². The van der Waals surface area contributed by atoms with E-state index >= 15 is 0 Å². The minimum atomic E-state index is -0.573. The van der Waals surface area contributed by atoms with Gasteiger partial charge in [-0.2, -0.15) is 0 Å². The van der Waals surface area contributed by atoms with Gasteiger partial charge in [-0.1, -0.05) is 279 Å². The van der Waals surface area contributed by atoms with Crippen molar-refractivity contribution in [3.63, 3.8) is 0 Å². The van der Waals surface area contributed by atoms with E-state index in [0.717, 1.165) is 111 Å². The summed E-state index contributed by atoms with van der Waals surface area (Å²) in [4.78, 5) is 4.76. The number of para-hydroxylation sites is 2. The maximum absolute atomic E-state index is 7.47. The highest BCUT2D eigenvalue weighted by atomic mass is 16.3. The number of furan rings is 2. The van der Waals surface area contributed by atoms with Crippen LogP contribution in [0.4, 0.5) is 34.1 Å². The van der Waals surface area contributed by atoms with Crippen LogP contribution in [0.5, 0.6) is 0 Å². The summed E-state index contributed by atoms with van der Waals surface area (Å²) in [6, 6.07) is 137. The molecule has 0 bridgehead atoms. The molecule has 0 amide bonds. The van der Waals surface area contributed by atoms with E-state index in [-0.39, 0.29) is 0 Å². The van der Waals surface area contributed by atoms with Crippen LogP contribution < -0.4 is 9.80 Å². The molecule has 0 aliphatic heterocycles. The molecular formula is C96H62N2O2. The molecule has 0 unspecified atom stereocenters. The molecule has 20 rings (SSSR count). The second kappa shape index (κ2) is 22.8. The van der Waals surface area contributed by atoms with Crippen molar-refractivity contribution in [2.45, 2.75) is 10.8 Å². The fourth-order valence-corrected chi connectivity index (χ4v) is 17.2. The normalized spacial score (nSPS) is 13.2. The molecule has 0 N–H and O–H groups in total. The summed E-state index contributed by atoms with van der Waals surface area (Å²) < 4.78 is 14.9. The lowest BCUT2D eigenvalue weighted by atomic mass is 9.67. The van der Waals surface area contributed by atoms with Gasteiger partial charge < -0.3 is 18.6 Å². The fourth-order valence-electron chi connectivity index (χ4n) is 17.2. The van der Waals surface area contributed by atoms with Crippen LogP contribution in [-0.4, -0.2) is 0 Å². The Bertz CT molecular complexity index is 5750. The van der Waals surface area contributed by atoms with Crippen LogP contribution in [-0.2, 0) is 10.8 Å². The molecule has 18 aromatic rings. The quantitative estimate of drug-likeness (QED) is 0.122. The molecule has 2 heterocycles. The molecule has 100 heavy (non-hydrogen) atoms. The Morgan fingerprint density at radius 3 is 0.850 bits per heavy atom. The number of hydrogen-bond acceptors (Lipinski definition) is 4. The van der Waals surface area contributed by atoms with Gasteiger partial charge in [0.15, 0.2) is 0 Å². The third-order valence-electron chi connectivity index (χ3n) is 21.4. The molecule has 4 nitrogen and oxygen atoms in total. The summed E-state index contributed by atoms with van der Waals surface area (Å²) in [7, 11) is 0. The van der Waals surface area contributed by atoms with Gasteiger partial charge in [0, 0.05) is 78.9 Å². The predicted octanol–water partition coefficient (Wildman–Crippen LogP) is 25.6. The van der Waals surface area contributed by atoms with Crippen molar-refractivity contribution in [3.8, 4) is 44.5 Å². The monoisotopic (exact) mass is 1270 g/mol. The largest absolute Gasteiger partial charge is 0.455 e. The van der Waals surface area contributed by atoms with E-state index in [1.807, 2.05) is 0 Å². The third-order valence-corrected chi connectivity index (χ3v) is 21.4. The number of nitrogens with zero attached hydrogens (tertiary/aromatic N) is 2. The molecule has 16 aromatic carbocycles. The first-order valence-corrected chi connectivity index (χ1v) is 34.5. The predicted molar refractivity (Wildman–Crippen MR) is 413 cm³/mol. The number of hydrogen-bond donors (Lipinski definition) is 0. The van der Waals surface area contributed by atoms with E-state index in [1.165, 1.54) is 66.8 Å². The second-order valence-electron chi connectivity index (χ2n) is 26.5. The van der Waals surface area contributed by atoms with Crippen molar-refractivity contribution in [1.82, 2.24) is 0 Å². The Hall–Kier alpha value is -13.0. The van der Waals surface area contributed by atoms with Crippen molar-refractivity contribution >= 4 is 88.8 Å². The van der Waals surface area contributed by atoms with E-state index in [1.54, 1.807) is 0 Å². The highest BCUT2D eigenvalue weighted by molar-refractivity contribution is 6.32. The SMILES string of the molecule is c1ccc(-c2cc3c(cc(-c4ccccc4)c4oc5cc(N(c6ccccc6)c6cccc(C7(c8ccccc8)c8ccccc8-c8ccccc87)c6)ccc5c43)c3c2oc2cc(N(c4ccccc4)c4cccc(C5(c6ccccc6)c6ccccc6-c6ccccc65)c4)ccc23)cc1. The number of rotatable bonds is 12. The smallest absolute Gasteiger partial charge is 0.143 e. The Kier molecular flexibility index (Phi) is 13.1. The van der Waals surface area contributed by atoms with Crippen molar-refractivity contribution in [2.24, 2.45) is 0 Å². The topological polar surface area (TPSA) is 32.8 Å². The number of anilines is 6. The maximum atomic E-state index is 7.47. The average molecular weight is 1280 g/mol. The first-order valence-electron chi connectivity index (χ1n) is 34.5. The number of benzene rings is 16. The molecule has 2 aromatic heterocycles. The molecule has 0 saturated carbocycles. The van der Waals surface area contributed by atoms with Crippen LogP contribution in [0.1, 0.15) is 44.5 Å². The molecule has 468 valence electrons. The fraction of sp³-hybridized carbons (Fsp3) is 0.0208. The maximum Gasteiger partial charge on any atom is 0.143 e. The summed E-state index contributed by atoms with van der Waals surface area (Å²) in [6.07, 6.45) is 0. The summed E-state index contributed by atoms with van der Waals surface area (Å²) in [6.45, 7) is 0. The summed E-state index contributed by atoms with van der Waals surface area (Å²) in [5.41, 5.74) is 27.3. The van der Waals surface area contributed by atoms with E-state index in [0.29, 0.717) is 0 Å². The van der Waals surface area contributed by atoms with Crippen LogP contribution in [0, 0.1) is 0 Å². The van der Waals surface area contributed by atoms with E-state index in [4.69, 9.17) is 8.83 Å². The van der Waals surface area contributed by atoms with E-state index in [9.17, 15) is 0 Å². The highest BCUT2D eigenvalue weighted by Crippen LogP contribution is 2.59.